The van der Waals surface area contributed by atoms with Gasteiger partial charge in [0.2, 0.25) is 11.9 Å². The summed E-state index contributed by atoms with van der Waals surface area (Å²) in [6, 6.07) is 1.82. The van der Waals surface area contributed by atoms with Crippen LogP contribution in [0.1, 0.15) is 20.3 Å². The van der Waals surface area contributed by atoms with Gasteiger partial charge in [0, 0.05) is 33.3 Å². The summed E-state index contributed by atoms with van der Waals surface area (Å²) in [5.41, 5.74) is 5.73. The van der Waals surface area contributed by atoms with Gasteiger partial charge in [-0.05, 0) is 13.3 Å². The molecule has 0 fully saturated rings. The zero-order valence-electron chi connectivity index (χ0n) is 12.7. The van der Waals surface area contributed by atoms with Crippen LogP contribution in [0, 0.1) is 0 Å². The number of anilines is 3. The first-order valence-electron chi connectivity index (χ1n) is 6.81. The lowest BCUT2D eigenvalue weighted by Crippen LogP contribution is -2.37. The summed E-state index contributed by atoms with van der Waals surface area (Å²) in [5, 5.41) is 3.11. The van der Waals surface area contributed by atoms with Crippen LogP contribution < -0.4 is 16.0 Å². The van der Waals surface area contributed by atoms with E-state index in [4.69, 9.17) is 5.73 Å². The Morgan fingerprint density at radius 1 is 1.35 bits per heavy atom. The number of likely N-dealkylation sites (N-methyl/N-ethyl adjacent to an activating group) is 1. The average Bonchev–Trinajstić information content (AvgIpc) is 2.37. The highest BCUT2D eigenvalue weighted by Gasteiger charge is 2.15. The van der Waals surface area contributed by atoms with E-state index < -0.39 is 0 Å². The Balaban J connectivity index is 2.98. The zero-order valence-corrected chi connectivity index (χ0v) is 12.7. The second kappa shape index (κ2) is 7.52. The third-order valence-corrected chi connectivity index (χ3v) is 2.73. The molecule has 0 aliphatic heterocycles. The zero-order chi connectivity index (χ0) is 15.1. The van der Waals surface area contributed by atoms with Crippen LogP contribution in [-0.2, 0) is 4.79 Å². The maximum Gasteiger partial charge on any atom is 0.241 e. The fourth-order valence-electron chi connectivity index (χ4n) is 1.74. The number of rotatable bonds is 7. The van der Waals surface area contributed by atoms with Crippen molar-refractivity contribution in [3.05, 3.63) is 6.07 Å². The Labute approximate surface area is 120 Å². The standard InChI is InChI=1S/C13H24N6O/c1-5-7-19(9-12(20)18(3)4)11-8-10(15-6-2)16-13(14)17-11/h8H,5-7,9H2,1-4H3,(H3,14,15,16,17). The monoisotopic (exact) mass is 280 g/mol. The number of nitrogens with one attached hydrogen (secondary N) is 1. The van der Waals surface area contributed by atoms with Gasteiger partial charge in [-0.25, -0.2) is 0 Å². The van der Waals surface area contributed by atoms with Gasteiger partial charge in [0.05, 0.1) is 6.54 Å². The summed E-state index contributed by atoms with van der Waals surface area (Å²) in [6.07, 6.45) is 0.918. The van der Waals surface area contributed by atoms with Crippen LogP contribution in [-0.4, -0.2) is 54.5 Å². The molecule has 1 rings (SSSR count). The summed E-state index contributed by atoms with van der Waals surface area (Å²) in [7, 11) is 3.48. The van der Waals surface area contributed by atoms with E-state index in [-0.39, 0.29) is 18.4 Å². The molecule has 1 amide bonds. The van der Waals surface area contributed by atoms with Crippen molar-refractivity contribution < 1.29 is 4.79 Å². The molecule has 1 aromatic rings. The topological polar surface area (TPSA) is 87.4 Å². The summed E-state index contributed by atoms with van der Waals surface area (Å²) < 4.78 is 0. The molecule has 0 saturated heterocycles. The summed E-state index contributed by atoms with van der Waals surface area (Å²) in [5.74, 6) is 1.58. The quantitative estimate of drug-likeness (QED) is 0.768. The van der Waals surface area contributed by atoms with Crippen molar-refractivity contribution in [1.29, 1.82) is 0 Å². The smallest absolute Gasteiger partial charge is 0.241 e. The average molecular weight is 280 g/mol. The van der Waals surface area contributed by atoms with E-state index in [1.807, 2.05) is 17.9 Å². The molecule has 1 aromatic heterocycles. The van der Waals surface area contributed by atoms with Crippen LogP contribution in [0.5, 0.6) is 0 Å². The molecule has 7 nitrogen and oxygen atoms in total. The summed E-state index contributed by atoms with van der Waals surface area (Å²) in [6.45, 7) is 5.81. The van der Waals surface area contributed by atoms with E-state index in [9.17, 15) is 4.79 Å². The van der Waals surface area contributed by atoms with Gasteiger partial charge in [0.1, 0.15) is 11.6 Å². The predicted molar refractivity (Wildman–Crippen MR) is 81.8 cm³/mol. The van der Waals surface area contributed by atoms with Gasteiger partial charge in [-0.2, -0.15) is 9.97 Å². The van der Waals surface area contributed by atoms with Gasteiger partial charge in [-0.15, -0.1) is 0 Å². The number of hydrogen-bond donors (Lipinski definition) is 2. The molecule has 0 radical (unpaired) electrons. The second-order valence-electron chi connectivity index (χ2n) is 4.71. The highest BCUT2D eigenvalue weighted by Crippen LogP contribution is 2.17. The molecule has 20 heavy (non-hydrogen) atoms. The fraction of sp³-hybridized carbons (Fsp3) is 0.615. The van der Waals surface area contributed by atoms with E-state index >= 15 is 0 Å². The van der Waals surface area contributed by atoms with Crippen LogP contribution in [0.3, 0.4) is 0 Å². The first-order chi connectivity index (χ1) is 9.47. The van der Waals surface area contributed by atoms with Crippen molar-refractivity contribution in [2.75, 3.05) is 49.7 Å². The summed E-state index contributed by atoms with van der Waals surface area (Å²) in [4.78, 5) is 23.7. The largest absolute Gasteiger partial charge is 0.370 e. The van der Waals surface area contributed by atoms with Crippen LogP contribution >= 0.6 is 0 Å². The van der Waals surface area contributed by atoms with Gasteiger partial charge in [0.25, 0.3) is 0 Å². The van der Waals surface area contributed by atoms with Crippen molar-refractivity contribution in [1.82, 2.24) is 14.9 Å². The molecule has 0 aliphatic carbocycles. The predicted octanol–water partition coefficient (Wildman–Crippen LogP) is 0.795. The lowest BCUT2D eigenvalue weighted by atomic mass is 10.3. The van der Waals surface area contributed by atoms with Crippen molar-refractivity contribution in [3.63, 3.8) is 0 Å². The third-order valence-electron chi connectivity index (χ3n) is 2.73. The Kier molecular flexibility index (Phi) is 6.02. The van der Waals surface area contributed by atoms with Crippen LogP contribution in [0.25, 0.3) is 0 Å². The van der Waals surface area contributed by atoms with E-state index in [1.54, 1.807) is 19.0 Å². The fourth-order valence-corrected chi connectivity index (χ4v) is 1.74. The highest BCUT2D eigenvalue weighted by molar-refractivity contribution is 5.80. The van der Waals surface area contributed by atoms with Crippen molar-refractivity contribution >= 4 is 23.5 Å². The second-order valence-corrected chi connectivity index (χ2v) is 4.71. The maximum absolute atomic E-state index is 11.9. The molecule has 0 aromatic carbocycles. The van der Waals surface area contributed by atoms with Crippen LogP contribution in [0.4, 0.5) is 17.6 Å². The molecule has 112 valence electrons. The number of nitrogens with zero attached hydrogens (tertiary/aromatic N) is 4. The van der Waals surface area contributed by atoms with Gasteiger partial charge in [0.15, 0.2) is 0 Å². The van der Waals surface area contributed by atoms with Gasteiger partial charge >= 0.3 is 0 Å². The third kappa shape index (κ3) is 4.56. The SMILES string of the molecule is CCCN(CC(=O)N(C)C)c1cc(NCC)nc(N)n1. The van der Waals surface area contributed by atoms with E-state index in [0.29, 0.717) is 11.6 Å². The Morgan fingerprint density at radius 2 is 2.05 bits per heavy atom. The maximum atomic E-state index is 11.9. The van der Waals surface area contributed by atoms with Crippen molar-refractivity contribution in [3.8, 4) is 0 Å². The first-order valence-corrected chi connectivity index (χ1v) is 6.81. The number of nitrogen functional groups attached to an aromatic ring is 1. The van der Waals surface area contributed by atoms with Gasteiger partial charge in [-0.1, -0.05) is 6.92 Å². The molecule has 1 heterocycles. The molecule has 0 unspecified atom stereocenters. The van der Waals surface area contributed by atoms with E-state index in [2.05, 4.69) is 22.2 Å². The van der Waals surface area contributed by atoms with Crippen LogP contribution in [0.15, 0.2) is 6.07 Å². The number of hydrogen-bond acceptors (Lipinski definition) is 6. The van der Waals surface area contributed by atoms with Crippen LogP contribution in [0.2, 0.25) is 0 Å². The van der Waals surface area contributed by atoms with Crippen molar-refractivity contribution in [2.45, 2.75) is 20.3 Å². The number of nitrogens with two attached hydrogens (primary N) is 1. The van der Waals surface area contributed by atoms with E-state index in [1.165, 1.54) is 0 Å². The Morgan fingerprint density at radius 3 is 2.60 bits per heavy atom. The Hall–Kier alpha value is -2.05. The molecule has 0 bridgehead atoms. The number of aromatic nitrogens is 2. The molecular formula is C13H24N6O. The van der Waals surface area contributed by atoms with Gasteiger partial charge < -0.3 is 20.9 Å². The molecule has 7 heteroatoms. The molecular weight excluding hydrogens is 256 g/mol. The number of carbonyl (C=O) groups is 1. The minimum Gasteiger partial charge on any atom is -0.370 e. The molecule has 3 N–H and O–H groups in total. The Bertz CT molecular complexity index is 448. The molecule has 0 atom stereocenters. The molecule has 0 saturated carbocycles. The highest BCUT2D eigenvalue weighted by atomic mass is 16.2. The van der Waals surface area contributed by atoms with Crippen molar-refractivity contribution in [2.24, 2.45) is 0 Å². The molecule has 0 spiro atoms. The number of amides is 1. The minimum atomic E-state index is 0.0284. The minimum absolute atomic E-state index is 0.0284. The molecule has 0 aliphatic rings. The lowest BCUT2D eigenvalue weighted by molar-refractivity contribution is -0.127. The first kappa shape index (κ1) is 16.0. The summed E-state index contributed by atoms with van der Waals surface area (Å²) >= 11 is 0. The lowest BCUT2D eigenvalue weighted by Gasteiger charge is -2.24. The normalized spacial score (nSPS) is 10.2. The van der Waals surface area contributed by atoms with E-state index in [0.717, 1.165) is 19.5 Å². The number of carbonyl (C=O) groups excluding carboxylic acids is 1. The van der Waals surface area contributed by atoms with Gasteiger partial charge in [-0.3, -0.25) is 4.79 Å².